The third kappa shape index (κ3) is 3.70. The highest BCUT2D eigenvalue weighted by Crippen LogP contribution is 2.23. The molecule has 0 unspecified atom stereocenters. The van der Waals surface area contributed by atoms with Crippen LogP contribution in [-0.2, 0) is 16.6 Å². The Hall–Kier alpha value is -2.36. The third-order valence-electron chi connectivity index (χ3n) is 3.65. The van der Waals surface area contributed by atoms with Gasteiger partial charge in [0.05, 0.1) is 17.6 Å². The number of hydrogen-bond acceptors (Lipinski definition) is 4. The molecule has 0 aliphatic heterocycles. The summed E-state index contributed by atoms with van der Waals surface area (Å²) in [4.78, 5) is -0.0229. The molecule has 2 rings (SSSR count). The van der Waals surface area contributed by atoms with E-state index in [0.717, 1.165) is 16.7 Å². The van der Waals surface area contributed by atoms with Crippen LogP contribution in [0.4, 0.5) is 0 Å². The zero-order chi connectivity index (χ0) is 17.0. The molecule has 0 aliphatic rings. The summed E-state index contributed by atoms with van der Waals surface area (Å²) in [6, 6.07) is 11.8. The standard InChI is InChI=1S/C17H18N2O3S/c1-12-8-15(16(22-3)9-13(12)2)11-19-23(20,21)17-7-5-4-6-14(17)10-18/h4-9,19H,11H2,1-3H3. The predicted molar refractivity (Wildman–Crippen MR) is 87.7 cm³/mol. The smallest absolute Gasteiger partial charge is 0.242 e. The van der Waals surface area contributed by atoms with Gasteiger partial charge in [-0.15, -0.1) is 0 Å². The second kappa shape index (κ2) is 6.82. The molecule has 0 aromatic heterocycles. The number of ether oxygens (including phenoxy) is 1. The summed E-state index contributed by atoms with van der Waals surface area (Å²) in [5, 5.41) is 9.05. The van der Waals surface area contributed by atoms with Crippen LogP contribution in [0.5, 0.6) is 5.75 Å². The average Bonchev–Trinajstić information content (AvgIpc) is 2.55. The number of nitrogens with one attached hydrogen (secondary N) is 1. The van der Waals surface area contributed by atoms with Crippen LogP contribution in [0.3, 0.4) is 0 Å². The first kappa shape index (κ1) is 17.0. The maximum atomic E-state index is 12.4. The Balaban J connectivity index is 2.30. The van der Waals surface area contributed by atoms with Crippen molar-refractivity contribution in [2.45, 2.75) is 25.3 Å². The summed E-state index contributed by atoms with van der Waals surface area (Å²) in [6.07, 6.45) is 0. The van der Waals surface area contributed by atoms with Crippen LogP contribution in [0.15, 0.2) is 41.3 Å². The molecule has 0 saturated heterocycles. The summed E-state index contributed by atoms with van der Waals surface area (Å²) in [7, 11) is -2.23. The number of nitriles is 1. The van der Waals surface area contributed by atoms with Gasteiger partial charge in [-0.1, -0.05) is 18.2 Å². The van der Waals surface area contributed by atoms with E-state index in [1.807, 2.05) is 32.0 Å². The normalized spacial score (nSPS) is 11.0. The average molecular weight is 330 g/mol. The Morgan fingerprint density at radius 3 is 2.48 bits per heavy atom. The minimum atomic E-state index is -3.78. The second-order valence-corrected chi connectivity index (χ2v) is 6.92. The third-order valence-corrected chi connectivity index (χ3v) is 5.11. The van der Waals surface area contributed by atoms with Crippen molar-refractivity contribution in [2.75, 3.05) is 7.11 Å². The van der Waals surface area contributed by atoms with Gasteiger partial charge < -0.3 is 4.74 Å². The monoisotopic (exact) mass is 330 g/mol. The van der Waals surface area contributed by atoms with Gasteiger partial charge in [0.25, 0.3) is 0 Å². The maximum absolute atomic E-state index is 12.4. The SMILES string of the molecule is COc1cc(C)c(C)cc1CNS(=O)(=O)c1ccccc1C#N. The van der Waals surface area contributed by atoms with E-state index in [2.05, 4.69) is 4.72 Å². The van der Waals surface area contributed by atoms with Crippen molar-refractivity contribution in [1.82, 2.24) is 4.72 Å². The second-order valence-electron chi connectivity index (χ2n) is 5.18. The fourth-order valence-corrected chi connectivity index (χ4v) is 3.38. The van der Waals surface area contributed by atoms with Crippen molar-refractivity contribution < 1.29 is 13.2 Å². The zero-order valence-electron chi connectivity index (χ0n) is 13.3. The van der Waals surface area contributed by atoms with Crippen molar-refractivity contribution >= 4 is 10.0 Å². The van der Waals surface area contributed by atoms with Crippen LogP contribution in [0.2, 0.25) is 0 Å². The lowest BCUT2D eigenvalue weighted by Crippen LogP contribution is -2.24. The Morgan fingerprint density at radius 2 is 1.83 bits per heavy atom. The number of rotatable bonds is 5. The van der Waals surface area contributed by atoms with Crippen molar-refractivity contribution in [3.05, 3.63) is 58.7 Å². The molecule has 0 heterocycles. The molecule has 2 aromatic rings. The molecule has 0 saturated carbocycles. The van der Waals surface area contributed by atoms with Crippen LogP contribution in [-0.4, -0.2) is 15.5 Å². The number of sulfonamides is 1. The lowest BCUT2D eigenvalue weighted by molar-refractivity contribution is 0.408. The summed E-state index contributed by atoms with van der Waals surface area (Å²) >= 11 is 0. The van der Waals surface area contributed by atoms with Gasteiger partial charge in [-0.2, -0.15) is 5.26 Å². The fourth-order valence-electron chi connectivity index (χ4n) is 2.22. The minimum absolute atomic E-state index is 0.0229. The van der Waals surface area contributed by atoms with Crippen LogP contribution in [0, 0.1) is 25.2 Å². The highest BCUT2D eigenvalue weighted by atomic mass is 32.2. The molecule has 5 nitrogen and oxygen atoms in total. The molecule has 23 heavy (non-hydrogen) atoms. The molecular formula is C17H18N2O3S. The molecule has 0 aliphatic carbocycles. The van der Waals surface area contributed by atoms with Gasteiger partial charge in [-0.05, 0) is 43.2 Å². The Morgan fingerprint density at radius 1 is 1.17 bits per heavy atom. The maximum Gasteiger partial charge on any atom is 0.242 e. The Kier molecular flexibility index (Phi) is 5.04. The molecule has 0 radical (unpaired) electrons. The van der Waals surface area contributed by atoms with E-state index in [0.29, 0.717) is 5.75 Å². The Bertz CT molecular complexity index is 868. The van der Waals surface area contributed by atoms with Gasteiger partial charge in [0.2, 0.25) is 10.0 Å². The van der Waals surface area contributed by atoms with Crippen molar-refractivity contribution in [3.63, 3.8) is 0 Å². The number of aryl methyl sites for hydroxylation is 2. The molecule has 120 valence electrons. The van der Waals surface area contributed by atoms with Gasteiger partial charge in [0, 0.05) is 12.1 Å². The Labute approximate surface area is 136 Å². The van der Waals surface area contributed by atoms with Crippen molar-refractivity contribution in [3.8, 4) is 11.8 Å². The molecule has 0 amide bonds. The molecule has 0 fully saturated rings. The number of nitrogens with zero attached hydrogens (tertiary/aromatic N) is 1. The lowest BCUT2D eigenvalue weighted by atomic mass is 10.1. The van der Waals surface area contributed by atoms with Crippen LogP contribution in [0.1, 0.15) is 22.3 Å². The molecular weight excluding hydrogens is 312 g/mol. The van der Waals surface area contributed by atoms with Gasteiger partial charge in [-0.25, -0.2) is 13.1 Å². The molecule has 1 N–H and O–H groups in total. The number of benzene rings is 2. The predicted octanol–water partition coefficient (Wildman–Crippen LogP) is 2.66. The van der Waals surface area contributed by atoms with Gasteiger partial charge in [-0.3, -0.25) is 0 Å². The van der Waals surface area contributed by atoms with Crippen molar-refractivity contribution in [1.29, 1.82) is 5.26 Å². The largest absolute Gasteiger partial charge is 0.496 e. The van der Waals surface area contributed by atoms with E-state index in [1.165, 1.54) is 12.1 Å². The first-order valence-corrected chi connectivity index (χ1v) is 8.50. The molecule has 0 bridgehead atoms. The highest BCUT2D eigenvalue weighted by Gasteiger charge is 2.18. The summed E-state index contributed by atoms with van der Waals surface area (Å²) in [5.74, 6) is 0.629. The molecule has 2 aromatic carbocycles. The number of hydrogen-bond donors (Lipinski definition) is 1. The van der Waals surface area contributed by atoms with Crippen LogP contribution < -0.4 is 9.46 Å². The van der Waals surface area contributed by atoms with Crippen molar-refractivity contribution in [2.24, 2.45) is 0 Å². The summed E-state index contributed by atoms with van der Waals surface area (Å²) in [5.41, 5.74) is 2.99. The fraction of sp³-hybridized carbons (Fsp3) is 0.235. The van der Waals surface area contributed by atoms with E-state index in [9.17, 15) is 8.42 Å². The molecule has 0 atom stereocenters. The van der Waals surface area contributed by atoms with E-state index >= 15 is 0 Å². The quantitative estimate of drug-likeness (QED) is 0.914. The first-order valence-electron chi connectivity index (χ1n) is 7.02. The topological polar surface area (TPSA) is 79.2 Å². The minimum Gasteiger partial charge on any atom is -0.496 e. The number of methoxy groups -OCH3 is 1. The van der Waals surface area contributed by atoms with Gasteiger partial charge >= 0.3 is 0 Å². The van der Waals surface area contributed by atoms with E-state index < -0.39 is 10.0 Å². The van der Waals surface area contributed by atoms with Gasteiger partial charge in [0.1, 0.15) is 11.8 Å². The van der Waals surface area contributed by atoms with E-state index in [-0.39, 0.29) is 17.0 Å². The molecule has 6 heteroatoms. The summed E-state index contributed by atoms with van der Waals surface area (Å²) < 4.78 is 32.7. The van der Waals surface area contributed by atoms with E-state index in [1.54, 1.807) is 19.2 Å². The van der Waals surface area contributed by atoms with Gasteiger partial charge in [0.15, 0.2) is 0 Å². The van der Waals surface area contributed by atoms with Crippen LogP contribution >= 0.6 is 0 Å². The lowest BCUT2D eigenvalue weighted by Gasteiger charge is -2.13. The first-order chi connectivity index (χ1) is 10.9. The summed E-state index contributed by atoms with van der Waals surface area (Å²) in [6.45, 7) is 4.01. The van der Waals surface area contributed by atoms with E-state index in [4.69, 9.17) is 10.00 Å². The molecule has 0 spiro atoms. The van der Waals surface area contributed by atoms with Crippen LogP contribution in [0.25, 0.3) is 0 Å². The highest BCUT2D eigenvalue weighted by molar-refractivity contribution is 7.89. The zero-order valence-corrected chi connectivity index (χ0v) is 14.1.